The van der Waals surface area contributed by atoms with E-state index in [0.717, 1.165) is 5.56 Å². The minimum Gasteiger partial charge on any atom is -0.497 e. The molecule has 1 heterocycles. The van der Waals surface area contributed by atoms with Crippen LogP contribution >= 0.6 is 23.2 Å². The first-order chi connectivity index (χ1) is 9.11. The van der Waals surface area contributed by atoms with Crippen molar-refractivity contribution in [2.45, 2.75) is 11.8 Å². The quantitative estimate of drug-likeness (QED) is 0.780. The van der Waals surface area contributed by atoms with Crippen molar-refractivity contribution >= 4 is 23.2 Å². The number of alkyl halides is 1. The molecule has 19 heavy (non-hydrogen) atoms. The molecule has 0 bridgehead atoms. The van der Waals surface area contributed by atoms with Crippen molar-refractivity contribution in [3.63, 3.8) is 0 Å². The second kappa shape index (κ2) is 6.22. The Balaban J connectivity index is 2.21. The normalized spacial score (nSPS) is 12.2. The van der Waals surface area contributed by atoms with Crippen molar-refractivity contribution in [3.05, 3.63) is 58.6 Å². The SMILES string of the molecule is COc1ccc(C(Cl)Cc2ccncc2Cl)c(F)c1. The van der Waals surface area contributed by atoms with E-state index in [-0.39, 0.29) is 5.82 Å². The first kappa shape index (κ1) is 14.1. The zero-order valence-corrected chi connectivity index (χ0v) is 11.7. The van der Waals surface area contributed by atoms with Crippen molar-refractivity contribution in [2.75, 3.05) is 7.11 Å². The predicted octanol–water partition coefficient (Wildman–Crippen LogP) is 4.41. The standard InChI is InChI=1S/C14H12Cl2FNO/c1-19-10-2-3-11(14(17)7-10)12(15)6-9-4-5-18-8-13(9)16/h2-5,7-8,12H,6H2,1H3. The lowest BCUT2D eigenvalue weighted by atomic mass is 10.0. The molecule has 100 valence electrons. The van der Waals surface area contributed by atoms with Gasteiger partial charge in [-0.15, -0.1) is 11.6 Å². The fourth-order valence-corrected chi connectivity index (χ4v) is 2.30. The van der Waals surface area contributed by atoms with Gasteiger partial charge in [0.05, 0.1) is 17.5 Å². The van der Waals surface area contributed by atoms with Gasteiger partial charge in [-0.2, -0.15) is 0 Å². The zero-order chi connectivity index (χ0) is 13.8. The summed E-state index contributed by atoms with van der Waals surface area (Å²) in [5.74, 6) is 0.0802. The maximum absolute atomic E-state index is 13.9. The van der Waals surface area contributed by atoms with Crippen LogP contribution < -0.4 is 4.74 Å². The highest BCUT2D eigenvalue weighted by Crippen LogP contribution is 2.31. The van der Waals surface area contributed by atoms with Crippen LogP contribution in [0.25, 0.3) is 0 Å². The van der Waals surface area contributed by atoms with Crippen molar-refractivity contribution in [1.29, 1.82) is 0 Å². The molecule has 1 atom stereocenters. The summed E-state index contributed by atoms with van der Waals surface area (Å²) in [7, 11) is 1.49. The van der Waals surface area contributed by atoms with Crippen molar-refractivity contribution in [3.8, 4) is 5.75 Å². The third-order valence-corrected chi connectivity index (χ3v) is 3.53. The van der Waals surface area contributed by atoms with E-state index >= 15 is 0 Å². The summed E-state index contributed by atoms with van der Waals surface area (Å²) in [6, 6.07) is 6.40. The van der Waals surface area contributed by atoms with E-state index in [1.54, 1.807) is 30.6 Å². The molecule has 0 aliphatic heterocycles. The van der Waals surface area contributed by atoms with Crippen LogP contribution in [0, 0.1) is 5.82 Å². The van der Waals surface area contributed by atoms with Crippen molar-refractivity contribution in [1.82, 2.24) is 4.98 Å². The number of halogens is 3. The molecule has 0 radical (unpaired) electrons. The second-order valence-corrected chi connectivity index (χ2v) is 4.96. The fourth-order valence-electron chi connectivity index (χ4n) is 1.76. The monoisotopic (exact) mass is 299 g/mol. The molecule has 2 nitrogen and oxygen atoms in total. The van der Waals surface area contributed by atoms with Gasteiger partial charge in [-0.1, -0.05) is 17.7 Å². The molecule has 2 aromatic rings. The Labute approximate surface area is 121 Å². The molecule has 0 amide bonds. The van der Waals surface area contributed by atoms with Gasteiger partial charge in [0.15, 0.2) is 0 Å². The molecular weight excluding hydrogens is 288 g/mol. The summed E-state index contributed by atoms with van der Waals surface area (Å²) < 4.78 is 18.8. The van der Waals surface area contributed by atoms with Crippen LogP contribution in [0.2, 0.25) is 5.02 Å². The minimum atomic E-state index is -0.495. The maximum atomic E-state index is 13.9. The van der Waals surface area contributed by atoms with Crippen LogP contribution in [-0.4, -0.2) is 12.1 Å². The van der Waals surface area contributed by atoms with E-state index in [0.29, 0.717) is 22.8 Å². The summed E-state index contributed by atoms with van der Waals surface area (Å²) in [4.78, 5) is 3.90. The van der Waals surface area contributed by atoms with Gasteiger partial charge >= 0.3 is 0 Å². The molecule has 0 N–H and O–H groups in total. The molecule has 0 saturated carbocycles. The first-order valence-electron chi connectivity index (χ1n) is 5.67. The van der Waals surface area contributed by atoms with E-state index < -0.39 is 5.38 Å². The number of methoxy groups -OCH3 is 1. The molecule has 5 heteroatoms. The third-order valence-electron chi connectivity index (χ3n) is 2.80. The summed E-state index contributed by atoms with van der Waals surface area (Å²) in [6.45, 7) is 0. The lowest BCUT2D eigenvalue weighted by Gasteiger charge is -2.12. The largest absolute Gasteiger partial charge is 0.497 e. The van der Waals surface area contributed by atoms with Gasteiger partial charge in [0.25, 0.3) is 0 Å². The molecule has 0 spiro atoms. The number of hydrogen-bond donors (Lipinski definition) is 0. The molecule has 1 aromatic heterocycles. The third kappa shape index (κ3) is 3.37. The smallest absolute Gasteiger partial charge is 0.131 e. The van der Waals surface area contributed by atoms with E-state index in [1.807, 2.05) is 0 Å². The highest BCUT2D eigenvalue weighted by atomic mass is 35.5. The summed E-state index contributed by atoms with van der Waals surface area (Å²) in [6.07, 6.45) is 3.62. The average molecular weight is 300 g/mol. The molecule has 1 aromatic carbocycles. The van der Waals surface area contributed by atoms with Crippen molar-refractivity contribution < 1.29 is 9.13 Å². The van der Waals surface area contributed by atoms with Crippen LogP contribution in [0.15, 0.2) is 36.7 Å². The molecule has 1 unspecified atom stereocenters. The van der Waals surface area contributed by atoms with Crippen molar-refractivity contribution in [2.24, 2.45) is 0 Å². The summed E-state index contributed by atoms with van der Waals surface area (Å²) in [5.41, 5.74) is 1.27. The van der Waals surface area contributed by atoms with Gasteiger partial charge in [-0.3, -0.25) is 4.98 Å². The van der Waals surface area contributed by atoms with Gasteiger partial charge in [-0.25, -0.2) is 4.39 Å². The number of ether oxygens (including phenoxy) is 1. The highest BCUT2D eigenvalue weighted by Gasteiger charge is 2.15. The van der Waals surface area contributed by atoms with Crippen LogP contribution in [0.3, 0.4) is 0 Å². The molecule has 0 saturated heterocycles. The number of aromatic nitrogens is 1. The Morgan fingerprint density at radius 2 is 2.16 bits per heavy atom. The van der Waals surface area contributed by atoms with Gasteiger partial charge in [-0.05, 0) is 24.1 Å². The van der Waals surface area contributed by atoms with Gasteiger partial charge in [0.2, 0.25) is 0 Å². The molecule has 0 fully saturated rings. The zero-order valence-electron chi connectivity index (χ0n) is 10.2. The maximum Gasteiger partial charge on any atom is 0.131 e. The fraction of sp³-hybridized carbons (Fsp3) is 0.214. The Morgan fingerprint density at radius 3 is 2.79 bits per heavy atom. The number of benzene rings is 1. The lowest BCUT2D eigenvalue weighted by molar-refractivity contribution is 0.410. The number of rotatable bonds is 4. The molecule has 0 aliphatic carbocycles. The van der Waals surface area contributed by atoms with Crippen LogP contribution in [0.5, 0.6) is 5.75 Å². The van der Waals surface area contributed by atoms with Gasteiger partial charge < -0.3 is 4.74 Å². The Hall–Kier alpha value is -1.32. The number of nitrogens with zero attached hydrogens (tertiary/aromatic N) is 1. The first-order valence-corrected chi connectivity index (χ1v) is 6.49. The highest BCUT2D eigenvalue weighted by molar-refractivity contribution is 6.31. The number of hydrogen-bond acceptors (Lipinski definition) is 2. The van der Waals surface area contributed by atoms with Gasteiger partial charge in [0.1, 0.15) is 11.6 Å². The molecular formula is C14H12Cl2FNO. The van der Waals surface area contributed by atoms with E-state index in [2.05, 4.69) is 4.98 Å². The molecule has 0 aliphatic rings. The van der Waals surface area contributed by atoms with Gasteiger partial charge in [0, 0.05) is 24.0 Å². The molecule has 2 rings (SSSR count). The topological polar surface area (TPSA) is 22.1 Å². The Bertz CT molecular complexity index is 577. The second-order valence-electron chi connectivity index (χ2n) is 4.03. The predicted molar refractivity (Wildman–Crippen MR) is 74.5 cm³/mol. The van der Waals surface area contributed by atoms with E-state index in [9.17, 15) is 4.39 Å². The van der Waals surface area contributed by atoms with E-state index in [1.165, 1.54) is 13.2 Å². The Morgan fingerprint density at radius 1 is 1.37 bits per heavy atom. The van der Waals surface area contributed by atoms with Crippen LogP contribution in [-0.2, 0) is 6.42 Å². The average Bonchev–Trinajstić information content (AvgIpc) is 2.41. The van der Waals surface area contributed by atoms with E-state index in [4.69, 9.17) is 27.9 Å². The number of pyridine rings is 1. The van der Waals surface area contributed by atoms with Crippen LogP contribution in [0.1, 0.15) is 16.5 Å². The summed E-state index contributed by atoms with van der Waals surface area (Å²) in [5, 5.41) is 0.0351. The van der Waals surface area contributed by atoms with Crippen LogP contribution in [0.4, 0.5) is 4.39 Å². The minimum absolute atomic E-state index is 0.385. The Kier molecular flexibility index (Phi) is 4.61. The summed E-state index contributed by atoms with van der Waals surface area (Å²) >= 11 is 12.3. The lowest BCUT2D eigenvalue weighted by Crippen LogP contribution is -2.00.